The number of carboxylic acids is 1. The van der Waals surface area contributed by atoms with E-state index in [9.17, 15) is 31.5 Å². The number of halogens is 3. The normalized spacial score (nSPS) is 39.4. The lowest BCUT2D eigenvalue weighted by Crippen LogP contribution is -2.65. The van der Waals surface area contributed by atoms with E-state index in [0.29, 0.717) is 67.9 Å². The number of nitrogens with zero attached hydrogens (tertiary/aromatic N) is 2. The molecule has 7 aliphatic rings. The summed E-state index contributed by atoms with van der Waals surface area (Å²) < 4.78 is 70.3. The summed E-state index contributed by atoms with van der Waals surface area (Å²) >= 11 is 0. The molecule has 1 aliphatic heterocycles. The molecule has 0 spiro atoms. The Morgan fingerprint density at radius 1 is 0.967 bits per heavy atom. The lowest BCUT2D eigenvalue weighted by atomic mass is 9.37. The van der Waals surface area contributed by atoms with Crippen molar-refractivity contribution < 1.29 is 36.2 Å². The molecular weight excluding hydrogens is 800 g/mol. The Kier molecular flexibility index (Phi) is 11.8. The molecule has 0 bridgehead atoms. The standard InChI is InChI=1S/C49H70F3N3O5S/c1-32(2)34-15-20-48(54-25-26-55-27-30-61(58,59)31-28-55)22-21-45(5)36-11-12-40-44(3,4)35(16-17-46(40,6)37(36)9-10-38(45)41(34)48)33-13-18-47(19-14-33,43(56)57)23-29-60-42-39(49(50,51)52)8-7-24-53-42/h7-8,13,16,24,34,36-38,40-41,54H,1,9-12,14-15,17-23,25-31H2,2-6H3,(H,56,57)/t34-,36?,37-,38+,40-,41+,45-,46+,47?,48-/m0/s1. The molecule has 4 saturated carbocycles. The highest BCUT2D eigenvalue weighted by atomic mass is 32.2. The number of fused-ring (bicyclic) bond motifs is 7. The first-order valence-corrected chi connectivity index (χ1v) is 25.1. The Hall–Kier alpha value is -2.70. The Morgan fingerprint density at radius 3 is 2.34 bits per heavy atom. The Morgan fingerprint density at radius 2 is 1.67 bits per heavy atom. The van der Waals surface area contributed by atoms with Gasteiger partial charge >= 0.3 is 12.1 Å². The molecule has 2 N–H and O–H groups in total. The number of sulfone groups is 1. The fraction of sp³-hybridized carbons (Fsp3) is 0.755. The molecule has 12 heteroatoms. The first-order chi connectivity index (χ1) is 28.7. The maximum atomic E-state index is 13.6. The van der Waals surface area contributed by atoms with Crippen LogP contribution in [0.1, 0.15) is 124 Å². The lowest BCUT2D eigenvalue weighted by molar-refractivity contribution is -0.170. The van der Waals surface area contributed by atoms with E-state index in [1.54, 1.807) is 0 Å². The van der Waals surface area contributed by atoms with Gasteiger partial charge in [0.15, 0.2) is 9.84 Å². The quantitative estimate of drug-likeness (QED) is 0.212. The fourth-order valence-corrected chi connectivity index (χ4v) is 16.5. The lowest BCUT2D eigenvalue weighted by Gasteiger charge is -2.68. The predicted octanol–water partition coefficient (Wildman–Crippen LogP) is 9.93. The molecule has 1 aromatic rings. The number of aromatic nitrogens is 1. The van der Waals surface area contributed by atoms with Crippen molar-refractivity contribution in [2.45, 2.75) is 130 Å². The molecule has 10 atom stereocenters. The zero-order chi connectivity index (χ0) is 43.8. The Bertz CT molecular complexity index is 2040. The number of nitrogens with one attached hydrogen (secondary N) is 1. The number of aliphatic carboxylic acids is 1. The highest BCUT2D eigenvalue weighted by Crippen LogP contribution is 2.72. The average Bonchev–Trinajstić information content (AvgIpc) is 3.58. The summed E-state index contributed by atoms with van der Waals surface area (Å²) in [6, 6.07) is 2.15. The molecule has 6 aliphatic carbocycles. The van der Waals surface area contributed by atoms with Crippen LogP contribution in [0.4, 0.5) is 13.2 Å². The van der Waals surface area contributed by atoms with Crippen LogP contribution in [0.5, 0.6) is 5.88 Å². The minimum absolute atomic E-state index is 0.0818. The van der Waals surface area contributed by atoms with Crippen LogP contribution in [-0.2, 0) is 20.8 Å². The van der Waals surface area contributed by atoms with Crippen molar-refractivity contribution in [3.05, 3.63) is 59.3 Å². The van der Waals surface area contributed by atoms with Crippen molar-refractivity contribution in [2.75, 3.05) is 44.3 Å². The molecular formula is C49H70F3N3O5S. The van der Waals surface area contributed by atoms with Crippen LogP contribution in [0.25, 0.3) is 0 Å². The van der Waals surface area contributed by atoms with Gasteiger partial charge in [0.2, 0.25) is 5.88 Å². The van der Waals surface area contributed by atoms with E-state index in [1.165, 1.54) is 80.3 Å². The summed E-state index contributed by atoms with van der Waals surface area (Å²) in [4.78, 5) is 18.9. The van der Waals surface area contributed by atoms with E-state index in [1.807, 2.05) is 0 Å². The molecule has 338 valence electrons. The molecule has 0 radical (unpaired) electrons. The van der Waals surface area contributed by atoms with Crippen LogP contribution < -0.4 is 10.1 Å². The maximum absolute atomic E-state index is 13.6. The molecule has 61 heavy (non-hydrogen) atoms. The molecule has 5 fully saturated rings. The van der Waals surface area contributed by atoms with Crippen molar-refractivity contribution in [1.29, 1.82) is 0 Å². The topological polar surface area (TPSA) is 109 Å². The van der Waals surface area contributed by atoms with Gasteiger partial charge in [0.1, 0.15) is 5.56 Å². The average molecular weight is 870 g/mol. The third kappa shape index (κ3) is 7.86. The molecule has 2 unspecified atom stereocenters. The minimum Gasteiger partial charge on any atom is -0.481 e. The number of carboxylic acid groups (broad SMARTS) is 1. The van der Waals surface area contributed by atoms with Gasteiger partial charge in [-0.2, -0.15) is 13.2 Å². The molecule has 1 aromatic heterocycles. The molecule has 1 saturated heterocycles. The first-order valence-electron chi connectivity index (χ1n) is 23.3. The molecule has 0 amide bonds. The SMILES string of the molecule is C=C(C)[C@@H]1CC[C@]2(NCCN3CCS(=O)(=O)CC3)CC[C@@]3(C)C4CC[C@H]5C(C)(C)C(C6=CCC(CCOc7ncccc7C(F)(F)F)(C(=O)O)CC6)=CC[C@]5(C)[C@H]4CC[C@@H]3[C@@H]12. The van der Waals surface area contributed by atoms with Crippen molar-refractivity contribution in [2.24, 2.45) is 57.2 Å². The highest BCUT2D eigenvalue weighted by molar-refractivity contribution is 7.91. The van der Waals surface area contributed by atoms with Crippen molar-refractivity contribution >= 4 is 15.8 Å². The summed E-state index contributed by atoms with van der Waals surface area (Å²) in [6.45, 7) is 19.8. The second kappa shape index (κ2) is 16.1. The zero-order valence-electron chi connectivity index (χ0n) is 37.2. The van der Waals surface area contributed by atoms with Gasteiger partial charge in [0.25, 0.3) is 0 Å². The second-order valence-corrected chi connectivity index (χ2v) is 24.0. The second-order valence-electron chi connectivity index (χ2n) is 21.6. The number of hydrogen-bond donors (Lipinski definition) is 2. The predicted molar refractivity (Wildman–Crippen MR) is 233 cm³/mol. The molecule has 8 rings (SSSR count). The van der Waals surface area contributed by atoms with Gasteiger partial charge in [-0.1, -0.05) is 52.0 Å². The number of carbonyl (C=O) groups is 1. The van der Waals surface area contributed by atoms with E-state index in [0.717, 1.165) is 25.6 Å². The zero-order valence-corrected chi connectivity index (χ0v) is 38.0. The third-order valence-corrected chi connectivity index (χ3v) is 20.1. The van der Waals surface area contributed by atoms with Crippen LogP contribution in [0.15, 0.2) is 53.8 Å². The van der Waals surface area contributed by atoms with Crippen LogP contribution in [0.2, 0.25) is 0 Å². The van der Waals surface area contributed by atoms with Gasteiger partial charge in [-0.15, -0.1) is 0 Å². The number of hydrogen-bond acceptors (Lipinski definition) is 7. The summed E-state index contributed by atoms with van der Waals surface area (Å²) in [5.74, 6) is 2.65. The first kappa shape index (κ1) is 44.9. The van der Waals surface area contributed by atoms with E-state index in [4.69, 9.17) is 4.74 Å². The smallest absolute Gasteiger partial charge is 0.421 e. The minimum atomic E-state index is -4.61. The van der Waals surface area contributed by atoms with Crippen LogP contribution in [0, 0.1) is 57.2 Å². The van der Waals surface area contributed by atoms with Gasteiger partial charge in [0.05, 0.1) is 23.5 Å². The number of ether oxygens (including phenoxy) is 1. The van der Waals surface area contributed by atoms with E-state index in [2.05, 4.69) is 68.6 Å². The van der Waals surface area contributed by atoms with E-state index >= 15 is 0 Å². The summed E-state index contributed by atoms with van der Waals surface area (Å²) in [6.07, 6.45) is 13.5. The Labute approximate surface area is 362 Å². The van der Waals surface area contributed by atoms with Gasteiger partial charge in [-0.05, 0) is 165 Å². The van der Waals surface area contributed by atoms with Crippen LogP contribution in [0.3, 0.4) is 0 Å². The third-order valence-electron chi connectivity index (χ3n) is 18.5. The van der Waals surface area contributed by atoms with E-state index < -0.39 is 38.8 Å². The monoisotopic (exact) mass is 869 g/mol. The molecule has 8 nitrogen and oxygen atoms in total. The number of allylic oxidation sites excluding steroid dienone is 5. The van der Waals surface area contributed by atoms with Crippen LogP contribution >= 0.6 is 0 Å². The van der Waals surface area contributed by atoms with Crippen molar-refractivity contribution in [3.8, 4) is 5.88 Å². The van der Waals surface area contributed by atoms with Gasteiger partial charge in [-0.25, -0.2) is 13.4 Å². The summed E-state index contributed by atoms with van der Waals surface area (Å²) in [7, 11) is -2.89. The number of pyridine rings is 1. The van der Waals surface area contributed by atoms with Crippen LogP contribution in [-0.4, -0.2) is 79.2 Å². The molecule has 0 aromatic carbocycles. The van der Waals surface area contributed by atoms with E-state index in [-0.39, 0.29) is 46.3 Å². The van der Waals surface area contributed by atoms with Gasteiger partial charge in [0, 0.05) is 37.9 Å². The largest absolute Gasteiger partial charge is 0.481 e. The Balaban J connectivity index is 0.965. The van der Waals surface area contributed by atoms with Gasteiger partial charge < -0.3 is 20.1 Å². The highest BCUT2D eigenvalue weighted by Gasteiger charge is 2.66. The van der Waals surface area contributed by atoms with Crippen molar-refractivity contribution in [3.63, 3.8) is 0 Å². The number of alkyl halides is 3. The van der Waals surface area contributed by atoms with Gasteiger partial charge in [-0.3, -0.25) is 4.79 Å². The maximum Gasteiger partial charge on any atom is 0.421 e. The summed E-state index contributed by atoms with van der Waals surface area (Å²) in [5, 5.41) is 14.6. The molecule has 2 heterocycles. The van der Waals surface area contributed by atoms with Crippen molar-refractivity contribution in [1.82, 2.24) is 15.2 Å². The number of rotatable bonds is 11. The summed E-state index contributed by atoms with van der Waals surface area (Å²) in [5.41, 5.74) is 2.33. The fourth-order valence-electron chi connectivity index (χ4n) is 15.2.